The van der Waals surface area contributed by atoms with E-state index in [-0.39, 0.29) is 5.56 Å². The van der Waals surface area contributed by atoms with Gasteiger partial charge >= 0.3 is 6.18 Å². The Labute approximate surface area is 164 Å². The molecule has 2 heterocycles. The first-order valence-corrected chi connectivity index (χ1v) is 8.84. The number of carbonyl (C=O) groups excluding carboxylic acids is 1. The summed E-state index contributed by atoms with van der Waals surface area (Å²) in [7, 11) is 0. The van der Waals surface area contributed by atoms with E-state index in [1.165, 1.54) is 12.1 Å². The van der Waals surface area contributed by atoms with Crippen LogP contribution in [0.15, 0.2) is 73.1 Å². The highest BCUT2D eigenvalue weighted by molar-refractivity contribution is 6.04. The standard InChI is InChI=1S/C22H16F3N3O/c1-14-8-9-28-13-19(27-20(28)10-14)15-4-3-7-18(12-15)26-21(29)16-5-2-6-17(11-16)22(23,24)25/h2-13H,1H3,(H,26,29). The van der Waals surface area contributed by atoms with Gasteiger partial charge in [-0.1, -0.05) is 18.2 Å². The zero-order chi connectivity index (χ0) is 20.6. The second kappa shape index (κ2) is 7.09. The van der Waals surface area contributed by atoms with E-state index in [2.05, 4.69) is 10.3 Å². The van der Waals surface area contributed by atoms with Gasteiger partial charge in [0.2, 0.25) is 0 Å². The van der Waals surface area contributed by atoms with E-state index in [0.717, 1.165) is 34.6 Å². The Balaban J connectivity index is 1.59. The molecular formula is C22H16F3N3O. The van der Waals surface area contributed by atoms with Crippen molar-refractivity contribution in [3.05, 3.63) is 89.7 Å². The molecule has 7 heteroatoms. The molecule has 0 aliphatic heterocycles. The zero-order valence-corrected chi connectivity index (χ0v) is 15.4. The Morgan fingerprint density at radius 1 is 1.03 bits per heavy atom. The second-order valence-electron chi connectivity index (χ2n) is 6.71. The molecule has 146 valence electrons. The Hall–Kier alpha value is -3.61. The maximum Gasteiger partial charge on any atom is 0.416 e. The van der Waals surface area contributed by atoms with Gasteiger partial charge in [-0.15, -0.1) is 0 Å². The van der Waals surface area contributed by atoms with Crippen LogP contribution in [0.2, 0.25) is 0 Å². The van der Waals surface area contributed by atoms with Gasteiger partial charge < -0.3 is 9.72 Å². The van der Waals surface area contributed by atoms with Crippen molar-refractivity contribution in [3.63, 3.8) is 0 Å². The van der Waals surface area contributed by atoms with Crippen molar-refractivity contribution in [1.29, 1.82) is 0 Å². The number of carbonyl (C=O) groups is 1. The number of fused-ring (bicyclic) bond motifs is 1. The number of aromatic nitrogens is 2. The predicted molar refractivity (Wildman–Crippen MR) is 105 cm³/mol. The summed E-state index contributed by atoms with van der Waals surface area (Å²) in [5.41, 5.74) is 2.96. The lowest BCUT2D eigenvalue weighted by Crippen LogP contribution is -2.13. The Morgan fingerprint density at radius 3 is 2.62 bits per heavy atom. The lowest BCUT2D eigenvalue weighted by atomic mass is 10.1. The van der Waals surface area contributed by atoms with Crippen LogP contribution in [0.4, 0.5) is 18.9 Å². The number of amides is 1. The molecule has 4 aromatic rings. The van der Waals surface area contributed by atoms with E-state index in [0.29, 0.717) is 5.69 Å². The van der Waals surface area contributed by atoms with Crippen LogP contribution in [0.5, 0.6) is 0 Å². The number of aryl methyl sites for hydroxylation is 1. The number of rotatable bonds is 3. The Kier molecular flexibility index (Phi) is 4.58. The van der Waals surface area contributed by atoms with Crippen molar-refractivity contribution in [1.82, 2.24) is 9.38 Å². The third kappa shape index (κ3) is 3.99. The number of hydrogen-bond donors (Lipinski definition) is 1. The molecule has 0 spiro atoms. The van der Waals surface area contributed by atoms with Crippen molar-refractivity contribution < 1.29 is 18.0 Å². The van der Waals surface area contributed by atoms with Gasteiger partial charge in [-0.2, -0.15) is 13.2 Å². The summed E-state index contributed by atoms with van der Waals surface area (Å²) in [6, 6.07) is 15.3. The quantitative estimate of drug-likeness (QED) is 0.492. The van der Waals surface area contributed by atoms with E-state index in [4.69, 9.17) is 0 Å². The predicted octanol–water partition coefficient (Wildman–Crippen LogP) is 5.58. The molecule has 0 bridgehead atoms. The minimum atomic E-state index is -4.50. The molecule has 0 fully saturated rings. The third-order valence-corrected chi connectivity index (χ3v) is 4.48. The Bertz CT molecular complexity index is 1210. The minimum Gasteiger partial charge on any atom is -0.322 e. The molecule has 0 aliphatic rings. The smallest absolute Gasteiger partial charge is 0.322 e. The van der Waals surface area contributed by atoms with Crippen LogP contribution in [0.3, 0.4) is 0 Å². The van der Waals surface area contributed by atoms with Crippen LogP contribution in [-0.4, -0.2) is 15.3 Å². The van der Waals surface area contributed by atoms with Gasteiger partial charge in [0.05, 0.1) is 11.3 Å². The first-order chi connectivity index (χ1) is 13.8. The molecular weight excluding hydrogens is 379 g/mol. The zero-order valence-electron chi connectivity index (χ0n) is 15.4. The lowest BCUT2D eigenvalue weighted by Gasteiger charge is -2.10. The molecule has 0 atom stereocenters. The molecule has 0 saturated carbocycles. The third-order valence-electron chi connectivity index (χ3n) is 4.48. The number of anilines is 1. The maximum absolute atomic E-state index is 12.9. The first kappa shape index (κ1) is 18.7. The van der Waals surface area contributed by atoms with E-state index in [1.807, 2.05) is 41.9 Å². The summed E-state index contributed by atoms with van der Waals surface area (Å²) in [5, 5.41) is 2.65. The number of imidazole rings is 1. The summed E-state index contributed by atoms with van der Waals surface area (Å²) in [4.78, 5) is 17.0. The van der Waals surface area contributed by atoms with Gasteiger partial charge in [0.15, 0.2) is 0 Å². The second-order valence-corrected chi connectivity index (χ2v) is 6.71. The number of benzene rings is 2. The van der Waals surface area contributed by atoms with E-state index in [9.17, 15) is 18.0 Å². The lowest BCUT2D eigenvalue weighted by molar-refractivity contribution is -0.137. The summed E-state index contributed by atoms with van der Waals surface area (Å²) in [6.45, 7) is 1.98. The number of pyridine rings is 1. The average molecular weight is 395 g/mol. The largest absolute Gasteiger partial charge is 0.416 e. The molecule has 2 aromatic heterocycles. The summed E-state index contributed by atoms with van der Waals surface area (Å²) in [5.74, 6) is -0.612. The number of nitrogens with one attached hydrogen (secondary N) is 1. The molecule has 2 aromatic carbocycles. The van der Waals surface area contributed by atoms with Crippen molar-refractivity contribution in [2.75, 3.05) is 5.32 Å². The first-order valence-electron chi connectivity index (χ1n) is 8.84. The highest BCUT2D eigenvalue weighted by Crippen LogP contribution is 2.30. The van der Waals surface area contributed by atoms with E-state index in [1.54, 1.807) is 18.2 Å². The van der Waals surface area contributed by atoms with Gasteiger partial charge in [0.1, 0.15) is 5.65 Å². The molecule has 0 aliphatic carbocycles. The summed E-state index contributed by atoms with van der Waals surface area (Å²) in [6.07, 6.45) is -0.708. The van der Waals surface area contributed by atoms with Gasteiger partial charge in [-0.05, 0) is 55.0 Å². The molecule has 0 radical (unpaired) electrons. The van der Waals surface area contributed by atoms with Crippen LogP contribution >= 0.6 is 0 Å². The van der Waals surface area contributed by atoms with E-state index < -0.39 is 17.6 Å². The molecule has 1 amide bonds. The SMILES string of the molecule is Cc1ccn2cc(-c3cccc(NC(=O)c4cccc(C(F)(F)F)c4)c3)nc2c1. The van der Waals surface area contributed by atoms with Crippen LogP contribution in [0, 0.1) is 6.92 Å². The number of alkyl halides is 3. The molecule has 4 rings (SSSR count). The number of hydrogen-bond acceptors (Lipinski definition) is 2. The minimum absolute atomic E-state index is 0.0616. The normalized spacial score (nSPS) is 11.6. The number of nitrogens with zero attached hydrogens (tertiary/aromatic N) is 2. The van der Waals surface area contributed by atoms with Crippen LogP contribution in [0.1, 0.15) is 21.5 Å². The molecule has 0 unspecified atom stereocenters. The highest BCUT2D eigenvalue weighted by Gasteiger charge is 2.30. The van der Waals surface area contributed by atoms with Gasteiger partial charge in [0, 0.05) is 29.2 Å². The van der Waals surface area contributed by atoms with Crippen molar-refractivity contribution in [3.8, 4) is 11.3 Å². The highest BCUT2D eigenvalue weighted by atomic mass is 19.4. The molecule has 1 N–H and O–H groups in total. The van der Waals surface area contributed by atoms with Gasteiger partial charge in [0.25, 0.3) is 5.91 Å². The monoisotopic (exact) mass is 395 g/mol. The topological polar surface area (TPSA) is 46.4 Å². The van der Waals surface area contributed by atoms with Crippen molar-refractivity contribution in [2.24, 2.45) is 0 Å². The molecule has 4 nitrogen and oxygen atoms in total. The molecule has 0 saturated heterocycles. The van der Waals surface area contributed by atoms with Gasteiger partial charge in [-0.25, -0.2) is 4.98 Å². The van der Waals surface area contributed by atoms with Gasteiger partial charge in [-0.3, -0.25) is 4.79 Å². The fraction of sp³-hybridized carbons (Fsp3) is 0.0909. The maximum atomic E-state index is 12.9. The van der Waals surface area contributed by atoms with Crippen LogP contribution in [0.25, 0.3) is 16.9 Å². The summed E-state index contributed by atoms with van der Waals surface area (Å²) < 4.78 is 40.5. The number of halogens is 3. The average Bonchev–Trinajstić information content (AvgIpc) is 3.11. The molecule has 29 heavy (non-hydrogen) atoms. The fourth-order valence-corrected chi connectivity index (χ4v) is 3.02. The fourth-order valence-electron chi connectivity index (χ4n) is 3.02. The van der Waals surface area contributed by atoms with Crippen molar-refractivity contribution in [2.45, 2.75) is 13.1 Å². The van der Waals surface area contributed by atoms with Crippen LogP contribution in [-0.2, 0) is 6.18 Å². The summed E-state index contributed by atoms with van der Waals surface area (Å²) >= 11 is 0. The van der Waals surface area contributed by atoms with Crippen molar-refractivity contribution >= 4 is 17.2 Å². The van der Waals surface area contributed by atoms with E-state index >= 15 is 0 Å². The Morgan fingerprint density at radius 2 is 1.83 bits per heavy atom. The van der Waals surface area contributed by atoms with Crippen LogP contribution < -0.4 is 5.32 Å².